The molecule has 1 atom stereocenters. The highest BCUT2D eigenvalue weighted by molar-refractivity contribution is 7.89. The molecule has 5 rings (SSSR count). The first-order chi connectivity index (χ1) is 16.9. The zero-order chi connectivity index (χ0) is 24.4. The molecule has 0 aliphatic heterocycles. The number of nitrogens with one attached hydrogen (secondary N) is 2. The zero-order valence-electron chi connectivity index (χ0n) is 19.5. The van der Waals surface area contributed by atoms with Crippen LogP contribution in [0.2, 0.25) is 0 Å². The number of furan rings is 1. The van der Waals surface area contributed by atoms with Crippen LogP contribution in [0.4, 0.5) is 0 Å². The summed E-state index contributed by atoms with van der Waals surface area (Å²) < 4.78 is 34.3. The van der Waals surface area contributed by atoms with Crippen molar-refractivity contribution in [1.29, 1.82) is 0 Å². The fourth-order valence-electron chi connectivity index (χ4n) is 5.08. The van der Waals surface area contributed by atoms with Gasteiger partial charge in [-0.05, 0) is 62.3 Å². The summed E-state index contributed by atoms with van der Waals surface area (Å²) in [6.07, 6.45) is 9.46. The predicted octanol–water partition coefficient (Wildman–Crippen LogP) is 5.33. The first-order valence-electron chi connectivity index (χ1n) is 12.3. The monoisotopic (exact) mass is 494 g/mol. The van der Waals surface area contributed by atoms with Gasteiger partial charge in [-0.3, -0.25) is 4.79 Å². The molecule has 0 saturated carbocycles. The van der Waals surface area contributed by atoms with Gasteiger partial charge in [0.2, 0.25) is 10.0 Å². The summed E-state index contributed by atoms with van der Waals surface area (Å²) in [5.74, 6) is -0.232. The van der Waals surface area contributed by atoms with Crippen molar-refractivity contribution in [3.8, 4) is 0 Å². The lowest BCUT2D eigenvalue weighted by Gasteiger charge is -2.15. The summed E-state index contributed by atoms with van der Waals surface area (Å²) in [7, 11) is -3.99. The number of rotatable bonds is 10. The quantitative estimate of drug-likeness (QED) is 0.258. The number of sulfonamides is 1. The van der Waals surface area contributed by atoms with Gasteiger partial charge in [0.1, 0.15) is 17.4 Å². The van der Waals surface area contributed by atoms with E-state index >= 15 is 0 Å². The van der Waals surface area contributed by atoms with Crippen LogP contribution in [0.25, 0.3) is 21.9 Å². The Morgan fingerprint density at radius 1 is 1.06 bits per heavy atom. The maximum absolute atomic E-state index is 13.0. The molecule has 0 fully saturated rings. The lowest BCUT2D eigenvalue weighted by Crippen LogP contribution is -2.40. The number of aromatic amines is 1. The lowest BCUT2D eigenvalue weighted by atomic mass is 9.96. The van der Waals surface area contributed by atoms with E-state index < -0.39 is 22.0 Å². The van der Waals surface area contributed by atoms with Crippen molar-refractivity contribution < 1.29 is 22.7 Å². The van der Waals surface area contributed by atoms with Gasteiger partial charge in [0, 0.05) is 40.5 Å². The van der Waals surface area contributed by atoms with E-state index in [0.717, 1.165) is 61.6 Å². The Bertz CT molecular complexity index is 1470. The molecular weight excluding hydrogens is 464 g/mol. The van der Waals surface area contributed by atoms with Crippen molar-refractivity contribution in [3.05, 3.63) is 65.5 Å². The van der Waals surface area contributed by atoms with Crippen molar-refractivity contribution >= 4 is 37.9 Å². The summed E-state index contributed by atoms with van der Waals surface area (Å²) >= 11 is 0. The van der Waals surface area contributed by atoms with Gasteiger partial charge in [0.25, 0.3) is 0 Å². The Morgan fingerprint density at radius 3 is 2.74 bits per heavy atom. The normalized spacial score (nSPS) is 14.9. The molecule has 0 unspecified atom stereocenters. The third-order valence-electron chi connectivity index (χ3n) is 6.95. The zero-order valence-corrected chi connectivity index (χ0v) is 20.4. The molecule has 0 amide bonds. The molecule has 0 saturated heterocycles. The SMILES string of the molecule is O=C(O)[C@H](CCCCCc1c[nH]c2ccccc12)NS(=O)(=O)c1ccc2c3c(oc2c1)CCCC3. The summed E-state index contributed by atoms with van der Waals surface area (Å²) in [5.41, 5.74) is 4.06. The minimum atomic E-state index is -3.99. The number of hydrogen-bond donors (Lipinski definition) is 3. The Labute approximate surface area is 204 Å². The molecule has 0 spiro atoms. The van der Waals surface area contributed by atoms with Crippen LogP contribution in [0.5, 0.6) is 0 Å². The third kappa shape index (κ3) is 4.99. The minimum absolute atomic E-state index is 0.0293. The third-order valence-corrected chi connectivity index (χ3v) is 8.42. The molecule has 1 aliphatic carbocycles. The van der Waals surface area contributed by atoms with Crippen LogP contribution in [0.15, 0.2) is 58.0 Å². The van der Waals surface area contributed by atoms with E-state index in [1.165, 1.54) is 28.6 Å². The van der Waals surface area contributed by atoms with Crippen LogP contribution in [0.1, 0.15) is 55.4 Å². The van der Waals surface area contributed by atoms with Gasteiger partial charge >= 0.3 is 5.97 Å². The van der Waals surface area contributed by atoms with Crippen LogP contribution in [-0.2, 0) is 34.1 Å². The molecule has 8 heteroatoms. The summed E-state index contributed by atoms with van der Waals surface area (Å²) in [6.45, 7) is 0. The van der Waals surface area contributed by atoms with Crippen LogP contribution in [0, 0.1) is 0 Å². The predicted molar refractivity (Wildman–Crippen MR) is 135 cm³/mol. The second-order valence-corrected chi connectivity index (χ2v) is 11.1. The Balaban J connectivity index is 1.19. The van der Waals surface area contributed by atoms with Gasteiger partial charge in [0.15, 0.2) is 0 Å². The number of carboxylic acid groups (broad SMARTS) is 1. The van der Waals surface area contributed by atoms with E-state index in [2.05, 4.69) is 15.8 Å². The molecule has 2 aromatic carbocycles. The van der Waals surface area contributed by atoms with Crippen molar-refractivity contribution in [2.45, 2.75) is 68.7 Å². The smallest absolute Gasteiger partial charge is 0.321 e. The molecule has 7 nitrogen and oxygen atoms in total. The lowest BCUT2D eigenvalue weighted by molar-refractivity contribution is -0.139. The van der Waals surface area contributed by atoms with Crippen molar-refractivity contribution in [1.82, 2.24) is 9.71 Å². The number of unbranched alkanes of at least 4 members (excludes halogenated alkanes) is 2. The largest absolute Gasteiger partial charge is 0.480 e. The Kier molecular flexibility index (Phi) is 6.67. The summed E-state index contributed by atoms with van der Waals surface area (Å²) in [4.78, 5) is 15.1. The average Bonchev–Trinajstić information content (AvgIpc) is 3.43. The number of para-hydroxylation sites is 1. The van der Waals surface area contributed by atoms with Gasteiger partial charge in [-0.2, -0.15) is 4.72 Å². The van der Waals surface area contributed by atoms with Gasteiger partial charge < -0.3 is 14.5 Å². The van der Waals surface area contributed by atoms with E-state index in [1.807, 2.05) is 24.4 Å². The molecule has 184 valence electrons. The number of carbonyl (C=O) groups is 1. The number of aromatic nitrogens is 1. The van der Waals surface area contributed by atoms with Crippen LogP contribution < -0.4 is 4.72 Å². The first-order valence-corrected chi connectivity index (χ1v) is 13.7. The number of aryl methyl sites for hydroxylation is 3. The van der Waals surface area contributed by atoms with Crippen molar-refractivity contribution in [2.75, 3.05) is 0 Å². The first kappa shape index (κ1) is 23.6. The standard InChI is InChI=1S/C27H30N2O5S/c30-27(31)24(12-3-1-2-8-18-17-28-23-11-6-4-9-20(18)23)29-35(32,33)19-14-15-22-21-10-5-7-13-25(21)34-26(22)16-19/h4,6,9,11,14-17,24,28-29H,1-3,5,7-8,10,12-13H2,(H,30,31)/t24-/m0/s1. The van der Waals surface area contributed by atoms with E-state index in [1.54, 1.807) is 6.07 Å². The maximum atomic E-state index is 13.0. The number of benzene rings is 2. The summed E-state index contributed by atoms with van der Waals surface area (Å²) in [6, 6.07) is 11.8. The van der Waals surface area contributed by atoms with E-state index in [4.69, 9.17) is 4.42 Å². The van der Waals surface area contributed by atoms with E-state index in [0.29, 0.717) is 12.0 Å². The van der Waals surface area contributed by atoms with Crippen LogP contribution in [-0.4, -0.2) is 30.5 Å². The molecule has 0 bridgehead atoms. The minimum Gasteiger partial charge on any atom is -0.480 e. The van der Waals surface area contributed by atoms with Gasteiger partial charge in [-0.15, -0.1) is 0 Å². The van der Waals surface area contributed by atoms with Crippen molar-refractivity contribution in [2.24, 2.45) is 0 Å². The average molecular weight is 495 g/mol. The molecule has 0 radical (unpaired) electrons. The van der Waals surface area contributed by atoms with Gasteiger partial charge in [0.05, 0.1) is 4.90 Å². The van der Waals surface area contributed by atoms with Gasteiger partial charge in [-0.25, -0.2) is 8.42 Å². The molecule has 4 aromatic rings. The highest BCUT2D eigenvalue weighted by Gasteiger charge is 2.26. The highest BCUT2D eigenvalue weighted by Crippen LogP contribution is 2.33. The fraction of sp³-hybridized carbons (Fsp3) is 0.370. The summed E-state index contributed by atoms with van der Waals surface area (Å²) in [5, 5.41) is 11.8. The second kappa shape index (κ2) is 9.87. The highest BCUT2D eigenvalue weighted by atomic mass is 32.2. The Morgan fingerprint density at radius 2 is 1.89 bits per heavy atom. The van der Waals surface area contributed by atoms with E-state index in [9.17, 15) is 18.3 Å². The number of H-pyrrole nitrogens is 1. The van der Waals surface area contributed by atoms with Gasteiger partial charge in [-0.1, -0.05) is 31.0 Å². The van der Waals surface area contributed by atoms with E-state index in [-0.39, 0.29) is 11.3 Å². The molecule has 3 N–H and O–H groups in total. The number of aliphatic carboxylic acids is 1. The maximum Gasteiger partial charge on any atom is 0.321 e. The van der Waals surface area contributed by atoms with Crippen molar-refractivity contribution in [3.63, 3.8) is 0 Å². The Hall–Kier alpha value is -3.10. The molecule has 2 heterocycles. The van der Waals surface area contributed by atoms with Crippen LogP contribution in [0.3, 0.4) is 0 Å². The molecule has 1 aliphatic rings. The molecular formula is C27H30N2O5S. The number of fused-ring (bicyclic) bond motifs is 4. The number of hydrogen-bond acceptors (Lipinski definition) is 4. The van der Waals surface area contributed by atoms with Crippen LogP contribution >= 0.6 is 0 Å². The second-order valence-electron chi connectivity index (χ2n) is 9.34. The fourth-order valence-corrected chi connectivity index (χ4v) is 6.32. The molecule has 2 aromatic heterocycles. The topological polar surface area (TPSA) is 112 Å². The molecule has 35 heavy (non-hydrogen) atoms. The number of carboxylic acids is 1.